The van der Waals surface area contributed by atoms with Gasteiger partial charge in [-0.25, -0.2) is 14.1 Å². The van der Waals surface area contributed by atoms with E-state index in [0.29, 0.717) is 5.56 Å². The topological polar surface area (TPSA) is 52.6 Å². The van der Waals surface area contributed by atoms with Crippen LogP contribution in [-0.4, -0.2) is 18.9 Å². The normalized spacial score (nSPS) is 9.75. The van der Waals surface area contributed by atoms with E-state index in [1.165, 1.54) is 7.11 Å². The monoisotopic (exact) mass is 230 g/mol. The van der Waals surface area contributed by atoms with Gasteiger partial charge in [-0.05, 0) is 24.6 Å². The van der Waals surface area contributed by atoms with Crippen LogP contribution < -0.4 is 4.74 Å². The third-order valence-corrected chi connectivity index (χ3v) is 1.98. The molecule has 0 aliphatic carbocycles. The number of Topliss-reactive ketones (excluding diaryl/α,β-unsaturated/α-hetero) is 1. The average molecular weight is 230 g/mol. The molecule has 0 heterocycles. The molecule has 0 aliphatic rings. The van der Waals surface area contributed by atoms with E-state index < -0.39 is 23.1 Å². The molecule has 16 heavy (non-hydrogen) atoms. The lowest BCUT2D eigenvalue weighted by atomic mass is 10.1. The van der Waals surface area contributed by atoms with E-state index in [-0.39, 0.29) is 5.75 Å². The molecule has 1 aromatic carbocycles. The minimum Gasteiger partial charge on any atom is -0.496 e. The quantitative estimate of drug-likeness (QED) is 0.586. The number of benzene rings is 1. The fourth-order valence-corrected chi connectivity index (χ4v) is 1.19. The number of hydrogen-bond donors (Lipinski definition) is 0. The molecule has 1 rings (SSSR count). The lowest BCUT2D eigenvalue weighted by Gasteiger charge is -2.07. The van der Waals surface area contributed by atoms with Crippen molar-refractivity contribution in [3.8, 4) is 5.75 Å². The molecule has 0 bridgehead atoms. The SMILES string of the molecule is COc1cc(C(=O)C(=O)OF)c(F)cc1C. The molecule has 0 N–H and O–H groups in total. The molecular formula is C10H8F2O4. The van der Waals surface area contributed by atoms with E-state index in [4.69, 9.17) is 4.74 Å². The molecular weight excluding hydrogens is 222 g/mol. The summed E-state index contributed by atoms with van der Waals surface area (Å²) in [5, 5.41) is 0. The van der Waals surface area contributed by atoms with Crippen molar-refractivity contribution < 1.29 is 28.2 Å². The molecule has 0 amide bonds. The van der Waals surface area contributed by atoms with Crippen LogP contribution in [0.4, 0.5) is 8.92 Å². The van der Waals surface area contributed by atoms with Gasteiger partial charge in [0.05, 0.1) is 12.7 Å². The van der Waals surface area contributed by atoms with Gasteiger partial charge in [-0.15, -0.1) is 0 Å². The van der Waals surface area contributed by atoms with E-state index in [1.807, 2.05) is 0 Å². The molecule has 86 valence electrons. The smallest absolute Gasteiger partial charge is 0.419 e. The van der Waals surface area contributed by atoms with Crippen LogP contribution in [0.2, 0.25) is 0 Å². The maximum absolute atomic E-state index is 13.3. The van der Waals surface area contributed by atoms with Crippen molar-refractivity contribution in [3.05, 3.63) is 29.1 Å². The van der Waals surface area contributed by atoms with Gasteiger partial charge >= 0.3 is 5.97 Å². The number of ether oxygens (including phenoxy) is 1. The predicted octanol–water partition coefficient (Wildman–Crippen LogP) is 1.75. The molecule has 0 saturated heterocycles. The van der Waals surface area contributed by atoms with E-state index in [1.54, 1.807) is 6.92 Å². The molecule has 0 radical (unpaired) electrons. The number of halogens is 2. The van der Waals surface area contributed by atoms with E-state index in [9.17, 15) is 18.5 Å². The van der Waals surface area contributed by atoms with Crippen LogP contribution in [0, 0.1) is 12.7 Å². The van der Waals surface area contributed by atoms with Crippen LogP contribution in [0.1, 0.15) is 15.9 Å². The Balaban J connectivity index is 3.23. The van der Waals surface area contributed by atoms with Crippen LogP contribution in [0.15, 0.2) is 12.1 Å². The first-order valence-corrected chi connectivity index (χ1v) is 4.22. The van der Waals surface area contributed by atoms with Crippen LogP contribution in [0.25, 0.3) is 0 Å². The minimum absolute atomic E-state index is 0.219. The number of carbonyl (C=O) groups excluding carboxylic acids is 2. The van der Waals surface area contributed by atoms with Gasteiger partial charge in [0.15, 0.2) is 0 Å². The Morgan fingerprint density at radius 3 is 2.44 bits per heavy atom. The molecule has 1 aromatic rings. The Bertz CT molecular complexity index is 443. The molecule has 6 heteroatoms. The molecule has 0 atom stereocenters. The highest BCUT2D eigenvalue weighted by Gasteiger charge is 2.23. The molecule has 0 unspecified atom stereocenters. The standard InChI is InChI=1S/C10H8F2O4/c1-5-3-7(11)6(4-8(5)15-2)9(13)10(14)16-12/h3-4H,1-2H3. The van der Waals surface area contributed by atoms with Crippen LogP contribution in [-0.2, 0) is 9.74 Å². The molecule has 0 aromatic heterocycles. The third kappa shape index (κ3) is 2.16. The second kappa shape index (κ2) is 4.69. The Morgan fingerprint density at radius 1 is 1.31 bits per heavy atom. The largest absolute Gasteiger partial charge is 0.496 e. The summed E-state index contributed by atoms with van der Waals surface area (Å²) in [4.78, 5) is 24.5. The number of rotatable bonds is 3. The Hall–Kier alpha value is -1.98. The van der Waals surface area contributed by atoms with Gasteiger partial charge in [0.2, 0.25) is 0 Å². The van der Waals surface area contributed by atoms with Crippen LogP contribution in [0.3, 0.4) is 0 Å². The first-order valence-electron chi connectivity index (χ1n) is 4.22. The number of hydrogen-bond acceptors (Lipinski definition) is 4. The van der Waals surface area contributed by atoms with E-state index in [2.05, 4.69) is 4.94 Å². The third-order valence-electron chi connectivity index (χ3n) is 1.98. The van der Waals surface area contributed by atoms with Gasteiger partial charge < -0.3 is 4.74 Å². The van der Waals surface area contributed by atoms with Crippen molar-refractivity contribution in [1.82, 2.24) is 0 Å². The maximum atomic E-state index is 13.3. The molecule has 0 saturated carbocycles. The first-order chi connectivity index (χ1) is 7.51. The van der Waals surface area contributed by atoms with Crippen molar-refractivity contribution in [2.75, 3.05) is 7.11 Å². The van der Waals surface area contributed by atoms with Gasteiger partial charge in [-0.2, -0.15) is 0 Å². The fourth-order valence-electron chi connectivity index (χ4n) is 1.19. The summed E-state index contributed by atoms with van der Waals surface area (Å²) in [6.07, 6.45) is 0. The summed E-state index contributed by atoms with van der Waals surface area (Å²) in [7, 11) is 1.32. The Morgan fingerprint density at radius 2 is 1.94 bits per heavy atom. The fraction of sp³-hybridized carbons (Fsp3) is 0.200. The number of methoxy groups -OCH3 is 1. The van der Waals surface area contributed by atoms with Crippen LogP contribution in [0.5, 0.6) is 5.75 Å². The summed E-state index contributed by atoms with van der Waals surface area (Å²) in [5.41, 5.74) is -0.143. The minimum atomic E-state index is -1.77. The van der Waals surface area contributed by atoms with Gasteiger partial charge in [0.1, 0.15) is 11.6 Å². The molecule has 0 aliphatic heterocycles. The average Bonchev–Trinajstić information content (AvgIpc) is 2.27. The lowest BCUT2D eigenvalue weighted by Crippen LogP contribution is -2.16. The molecule has 0 spiro atoms. The molecule has 0 fully saturated rings. The van der Waals surface area contributed by atoms with E-state index >= 15 is 0 Å². The second-order valence-electron chi connectivity index (χ2n) is 3.00. The van der Waals surface area contributed by atoms with Gasteiger partial charge in [-0.3, -0.25) is 4.79 Å². The zero-order valence-corrected chi connectivity index (χ0v) is 8.54. The summed E-state index contributed by atoms with van der Waals surface area (Å²) >= 11 is 0. The highest BCUT2D eigenvalue weighted by Crippen LogP contribution is 2.22. The van der Waals surface area contributed by atoms with Crippen molar-refractivity contribution in [3.63, 3.8) is 0 Å². The summed E-state index contributed by atoms with van der Waals surface area (Å²) in [6.45, 7) is 1.56. The van der Waals surface area contributed by atoms with Gasteiger partial charge in [0, 0.05) is 4.53 Å². The summed E-state index contributed by atoms with van der Waals surface area (Å²) in [6, 6.07) is 2.03. The van der Waals surface area contributed by atoms with Gasteiger partial charge in [0.25, 0.3) is 5.78 Å². The zero-order chi connectivity index (χ0) is 12.3. The highest BCUT2D eigenvalue weighted by molar-refractivity contribution is 6.40. The first kappa shape index (κ1) is 12.1. The Kier molecular flexibility index (Phi) is 3.55. The number of ketones is 1. The lowest BCUT2D eigenvalue weighted by molar-refractivity contribution is -0.176. The van der Waals surface area contributed by atoms with Crippen molar-refractivity contribution >= 4 is 11.8 Å². The predicted molar refractivity (Wildman–Crippen MR) is 49.2 cm³/mol. The van der Waals surface area contributed by atoms with Gasteiger partial charge in [-0.1, -0.05) is 0 Å². The number of carbonyl (C=O) groups is 2. The van der Waals surface area contributed by atoms with E-state index in [0.717, 1.165) is 12.1 Å². The summed E-state index contributed by atoms with van der Waals surface area (Å²) < 4.78 is 29.6. The van der Waals surface area contributed by atoms with Crippen molar-refractivity contribution in [2.24, 2.45) is 0 Å². The summed E-state index contributed by atoms with van der Waals surface area (Å²) in [5.74, 6) is -3.90. The second-order valence-corrected chi connectivity index (χ2v) is 3.00. The van der Waals surface area contributed by atoms with Crippen molar-refractivity contribution in [1.29, 1.82) is 0 Å². The molecule has 4 nitrogen and oxygen atoms in total. The maximum Gasteiger partial charge on any atom is 0.419 e. The Labute approximate surface area is 89.7 Å². The van der Waals surface area contributed by atoms with Crippen LogP contribution >= 0.6 is 0 Å². The number of aryl methyl sites for hydroxylation is 1. The highest BCUT2D eigenvalue weighted by atomic mass is 19.3. The van der Waals surface area contributed by atoms with Crippen molar-refractivity contribution in [2.45, 2.75) is 6.92 Å². The zero-order valence-electron chi connectivity index (χ0n) is 8.54.